The lowest BCUT2D eigenvalue weighted by Gasteiger charge is -2.56. The monoisotopic (exact) mass is 330 g/mol. The van der Waals surface area contributed by atoms with Crippen molar-refractivity contribution in [1.29, 1.82) is 0 Å². The highest BCUT2D eigenvalue weighted by atomic mass is 15.4. The number of aromatic nitrogens is 2. The van der Waals surface area contributed by atoms with E-state index in [1.54, 1.807) is 0 Å². The summed E-state index contributed by atoms with van der Waals surface area (Å²) in [7, 11) is 0. The van der Waals surface area contributed by atoms with Crippen LogP contribution < -0.4 is 4.90 Å². The van der Waals surface area contributed by atoms with Crippen LogP contribution in [0.25, 0.3) is 10.8 Å². The fourth-order valence-corrected chi connectivity index (χ4v) is 4.30. The predicted molar refractivity (Wildman–Crippen MR) is 101 cm³/mol. The van der Waals surface area contributed by atoms with Gasteiger partial charge in [-0.1, -0.05) is 36.4 Å². The van der Waals surface area contributed by atoms with Crippen LogP contribution in [0.1, 0.15) is 17.8 Å². The molecule has 2 bridgehead atoms. The van der Waals surface area contributed by atoms with Gasteiger partial charge in [0, 0.05) is 37.9 Å². The fraction of sp³-hybridized carbons (Fsp3) is 0.333. The normalized spacial score (nSPS) is 22.8. The Morgan fingerprint density at radius 1 is 1.00 bits per heavy atom. The summed E-state index contributed by atoms with van der Waals surface area (Å²) in [4.78, 5) is 13.9. The lowest BCUT2D eigenvalue weighted by atomic mass is 9.86. The number of piperidine rings is 1. The van der Waals surface area contributed by atoms with Gasteiger partial charge in [-0.2, -0.15) is 0 Å². The molecule has 2 atom stereocenters. The number of hydrogen-bond donors (Lipinski definition) is 0. The van der Waals surface area contributed by atoms with E-state index >= 15 is 0 Å². The van der Waals surface area contributed by atoms with Crippen molar-refractivity contribution in [3.05, 3.63) is 66.1 Å². The van der Waals surface area contributed by atoms with Crippen molar-refractivity contribution in [3.8, 4) is 0 Å². The van der Waals surface area contributed by atoms with Gasteiger partial charge in [0.25, 0.3) is 0 Å². The minimum absolute atomic E-state index is 0.639. The van der Waals surface area contributed by atoms with E-state index in [0.29, 0.717) is 12.1 Å². The van der Waals surface area contributed by atoms with Crippen LogP contribution in [0.4, 0.5) is 5.82 Å². The maximum absolute atomic E-state index is 4.59. The molecule has 3 saturated heterocycles. The second kappa shape index (κ2) is 5.81. The van der Waals surface area contributed by atoms with E-state index in [1.807, 2.05) is 19.2 Å². The molecule has 3 aliphatic heterocycles. The lowest BCUT2D eigenvalue weighted by molar-refractivity contribution is -0.00866. The summed E-state index contributed by atoms with van der Waals surface area (Å²) in [5, 5.41) is 2.66. The first-order valence-electron chi connectivity index (χ1n) is 9.04. The lowest BCUT2D eigenvalue weighted by Crippen LogP contribution is -2.68. The Balaban J connectivity index is 1.31. The molecule has 126 valence electrons. The molecule has 4 heterocycles. The van der Waals surface area contributed by atoms with Crippen LogP contribution in [-0.2, 0) is 6.54 Å². The van der Waals surface area contributed by atoms with Gasteiger partial charge < -0.3 is 4.90 Å². The third-order valence-electron chi connectivity index (χ3n) is 5.61. The molecule has 6 rings (SSSR count). The highest BCUT2D eigenvalue weighted by Crippen LogP contribution is 2.35. The van der Waals surface area contributed by atoms with Gasteiger partial charge in [-0.05, 0) is 41.8 Å². The van der Waals surface area contributed by atoms with Crippen molar-refractivity contribution in [2.24, 2.45) is 0 Å². The van der Waals surface area contributed by atoms with Gasteiger partial charge in [-0.3, -0.25) is 4.90 Å². The van der Waals surface area contributed by atoms with E-state index in [9.17, 15) is 0 Å². The number of aryl methyl sites for hydroxylation is 1. The standard InChI is InChI=1S/C21H22N4/c1-15-22-9-8-21(23-15)24-13-19-11-20(14-24)25(19)12-16-6-7-17-4-2-3-5-18(17)10-16/h2-10,19-20H,11-14H2,1H3. The second-order valence-corrected chi connectivity index (χ2v) is 7.26. The maximum Gasteiger partial charge on any atom is 0.132 e. The Morgan fingerprint density at radius 3 is 2.60 bits per heavy atom. The van der Waals surface area contributed by atoms with Crippen molar-refractivity contribution in [3.63, 3.8) is 0 Å². The Labute approximate surface area is 148 Å². The molecule has 0 radical (unpaired) electrons. The number of piperazine rings is 1. The van der Waals surface area contributed by atoms with Crippen molar-refractivity contribution >= 4 is 16.6 Å². The minimum atomic E-state index is 0.639. The maximum atomic E-state index is 4.59. The molecule has 3 aromatic rings. The highest BCUT2D eigenvalue weighted by Gasteiger charge is 2.44. The Morgan fingerprint density at radius 2 is 1.80 bits per heavy atom. The van der Waals surface area contributed by atoms with E-state index in [-0.39, 0.29) is 0 Å². The Bertz CT molecular complexity index is 910. The van der Waals surface area contributed by atoms with Crippen LogP contribution in [-0.4, -0.2) is 40.0 Å². The van der Waals surface area contributed by atoms with Gasteiger partial charge in [0.2, 0.25) is 0 Å². The van der Waals surface area contributed by atoms with E-state index in [2.05, 4.69) is 62.2 Å². The van der Waals surface area contributed by atoms with Crippen LogP contribution in [0.3, 0.4) is 0 Å². The second-order valence-electron chi connectivity index (χ2n) is 7.26. The molecule has 2 unspecified atom stereocenters. The predicted octanol–water partition coefficient (Wildman–Crippen LogP) is 3.40. The highest BCUT2D eigenvalue weighted by molar-refractivity contribution is 5.82. The zero-order valence-electron chi connectivity index (χ0n) is 14.5. The minimum Gasteiger partial charge on any atom is -0.353 e. The first-order chi connectivity index (χ1) is 12.3. The molecule has 0 saturated carbocycles. The average molecular weight is 330 g/mol. The average Bonchev–Trinajstić information content (AvgIpc) is 2.66. The fourth-order valence-electron chi connectivity index (χ4n) is 4.30. The van der Waals surface area contributed by atoms with Crippen LogP contribution in [0.2, 0.25) is 0 Å². The molecular formula is C21H22N4. The van der Waals surface area contributed by atoms with Crippen LogP contribution in [0.5, 0.6) is 0 Å². The number of nitrogens with zero attached hydrogens (tertiary/aromatic N) is 4. The first-order valence-corrected chi connectivity index (χ1v) is 9.04. The molecule has 4 nitrogen and oxygen atoms in total. The molecule has 0 amide bonds. The molecule has 2 aromatic carbocycles. The number of benzene rings is 2. The zero-order valence-corrected chi connectivity index (χ0v) is 14.5. The smallest absolute Gasteiger partial charge is 0.132 e. The van der Waals surface area contributed by atoms with Gasteiger partial charge in [-0.15, -0.1) is 0 Å². The molecule has 0 N–H and O–H groups in total. The molecular weight excluding hydrogens is 308 g/mol. The quantitative estimate of drug-likeness (QED) is 0.737. The summed E-state index contributed by atoms with van der Waals surface area (Å²) >= 11 is 0. The summed E-state index contributed by atoms with van der Waals surface area (Å²) in [6.07, 6.45) is 3.18. The van der Waals surface area contributed by atoms with E-state index < -0.39 is 0 Å². The topological polar surface area (TPSA) is 32.3 Å². The molecule has 4 heteroatoms. The Kier molecular flexibility index (Phi) is 3.45. The van der Waals surface area contributed by atoms with Gasteiger partial charge in [0.15, 0.2) is 0 Å². The molecule has 1 aromatic heterocycles. The van der Waals surface area contributed by atoms with Crippen LogP contribution in [0, 0.1) is 6.92 Å². The first kappa shape index (κ1) is 14.8. The largest absolute Gasteiger partial charge is 0.353 e. The van der Waals surface area contributed by atoms with E-state index in [1.165, 1.54) is 22.8 Å². The van der Waals surface area contributed by atoms with Crippen molar-refractivity contribution in [2.45, 2.75) is 32.0 Å². The molecule has 0 spiro atoms. The molecule has 3 aliphatic rings. The Hall–Kier alpha value is -2.46. The van der Waals surface area contributed by atoms with Crippen LogP contribution in [0.15, 0.2) is 54.7 Å². The number of rotatable bonds is 3. The van der Waals surface area contributed by atoms with E-state index in [4.69, 9.17) is 0 Å². The third-order valence-corrected chi connectivity index (χ3v) is 5.61. The molecule has 3 fully saturated rings. The summed E-state index contributed by atoms with van der Waals surface area (Å²) in [5.74, 6) is 1.93. The molecule has 25 heavy (non-hydrogen) atoms. The van der Waals surface area contributed by atoms with Crippen molar-refractivity contribution in [1.82, 2.24) is 14.9 Å². The third kappa shape index (κ3) is 2.67. The van der Waals surface area contributed by atoms with Crippen molar-refractivity contribution < 1.29 is 0 Å². The molecule has 0 aliphatic carbocycles. The van der Waals surface area contributed by atoms with Gasteiger partial charge >= 0.3 is 0 Å². The van der Waals surface area contributed by atoms with Crippen LogP contribution >= 0.6 is 0 Å². The zero-order chi connectivity index (χ0) is 16.8. The van der Waals surface area contributed by atoms with Crippen molar-refractivity contribution in [2.75, 3.05) is 18.0 Å². The van der Waals surface area contributed by atoms with Gasteiger partial charge in [-0.25, -0.2) is 9.97 Å². The number of fused-ring (bicyclic) bond motifs is 3. The number of hydrogen-bond acceptors (Lipinski definition) is 4. The van der Waals surface area contributed by atoms with Gasteiger partial charge in [0.05, 0.1) is 0 Å². The van der Waals surface area contributed by atoms with Gasteiger partial charge in [0.1, 0.15) is 11.6 Å². The summed E-state index contributed by atoms with van der Waals surface area (Å²) in [6.45, 7) is 5.15. The summed E-state index contributed by atoms with van der Waals surface area (Å²) < 4.78 is 0. The van der Waals surface area contributed by atoms with E-state index in [0.717, 1.165) is 31.3 Å². The number of anilines is 1. The SMILES string of the molecule is Cc1nccc(N2CC3CC(C2)N3Cc2ccc3ccccc3c2)n1. The summed E-state index contributed by atoms with van der Waals surface area (Å²) in [5.41, 5.74) is 1.42. The summed E-state index contributed by atoms with van der Waals surface area (Å²) in [6, 6.07) is 18.8.